The summed E-state index contributed by atoms with van der Waals surface area (Å²) in [6.07, 6.45) is 6.99. The Morgan fingerprint density at radius 1 is 1.07 bits per heavy atom. The van der Waals surface area contributed by atoms with Crippen LogP contribution in [0.3, 0.4) is 0 Å². The van der Waals surface area contributed by atoms with E-state index >= 15 is 0 Å². The molecule has 0 amide bonds. The van der Waals surface area contributed by atoms with E-state index in [9.17, 15) is 22.8 Å². The van der Waals surface area contributed by atoms with Gasteiger partial charge >= 0.3 is 11.9 Å². The molecule has 0 saturated carbocycles. The summed E-state index contributed by atoms with van der Waals surface area (Å²) in [5.74, 6) is -4.02. The molecule has 10 heteroatoms. The fraction of sp³-hybridized carbons (Fsp3) is 0.706. The Balaban J connectivity index is 3.98. The van der Waals surface area contributed by atoms with Crippen molar-refractivity contribution in [1.82, 2.24) is 0 Å². The third-order valence-corrected chi connectivity index (χ3v) is 4.83. The highest BCUT2D eigenvalue weighted by molar-refractivity contribution is 7.87. The maximum absolute atomic E-state index is 11.8. The third kappa shape index (κ3) is 14.1. The van der Waals surface area contributed by atoms with Gasteiger partial charge in [-0.25, -0.2) is 4.79 Å². The van der Waals surface area contributed by atoms with E-state index in [0.717, 1.165) is 32.3 Å². The molecule has 0 saturated heterocycles. The van der Waals surface area contributed by atoms with E-state index in [0.29, 0.717) is 25.5 Å². The van der Waals surface area contributed by atoms with Gasteiger partial charge in [0.25, 0.3) is 10.1 Å². The van der Waals surface area contributed by atoms with Crippen LogP contribution in [-0.2, 0) is 29.2 Å². The first-order valence-corrected chi connectivity index (χ1v) is 10.2. The summed E-state index contributed by atoms with van der Waals surface area (Å²) in [5, 5.41) is 16.3. The average molecular weight is 408 g/mol. The number of rotatable bonds is 15. The van der Waals surface area contributed by atoms with Crippen molar-refractivity contribution in [1.29, 1.82) is 0 Å². The minimum Gasteiger partial charge on any atom is -0.405 e. The number of esters is 1. The summed E-state index contributed by atoms with van der Waals surface area (Å²) in [6, 6.07) is 0. The van der Waals surface area contributed by atoms with Crippen LogP contribution >= 0.6 is 0 Å². The number of aldehydes is 1. The zero-order valence-corrected chi connectivity index (χ0v) is 16.2. The number of unbranched alkanes of at least 4 members (excludes halogenated alkanes) is 5. The number of ether oxygens (including phenoxy) is 1. The van der Waals surface area contributed by atoms with Crippen molar-refractivity contribution in [3.05, 3.63) is 12.2 Å². The minimum atomic E-state index is -4.47. The van der Waals surface area contributed by atoms with E-state index in [4.69, 9.17) is 14.8 Å². The SMILES string of the molecule is CC(O)(O)OC(=O)C=CCCCCCCCC(C(=O)CCC=O)S(=O)(=O)O. The van der Waals surface area contributed by atoms with Gasteiger partial charge in [-0.1, -0.05) is 31.8 Å². The van der Waals surface area contributed by atoms with Crippen LogP contribution in [0.15, 0.2) is 12.2 Å². The largest absolute Gasteiger partial charge is 0.405 e. The van der Waals surface area contributed by atoms with Crippen molar-refractivity contribution in [3.8, 4) is 0 Å². The Bertz CT molecular complexity index is 602. The highest BCUT2D eigenvalue weighted by Crippen LogP contribution is 2.15. The molecule has 0 aliphatic rings. The first kappa shape index (κ1) is 25.4. The van der Waals surface area contributed by atoms with Gasteiger partial charge < -0.3 is 19.7 Å². The molecule has 9 nitrogen and oxygen atoms in total. The van der Waals surface area contributed by atoms with Crippen molar-refractivity contribution in [2.24, 2.45) is 0 Å². The molecule has 0 radical (unpaired) electrons. The predicted octanol–water partition coefficient (Wildman–Crippen LogP) is 1.28. The fourth-order valence-corrected chi connectivity index (χ4v) is 3.28. The minimum absolute atomic E-state index is 0.0172. The van der Waals surface area contributed by atoms with Crippen LogP contribution in [0.2, 0.25) is 0 Å². The average Bonchev–Trinajstić information content (AvgIpc) is 2.51. The topological polar surface area (TPSA) is 155 Å². The van der Waals surface area contributed by atoms with Gasteiger partial charge in [-0.05, 0) is 19.3 Å². The van der Waals surface area contributed by atoms with Gasteiger partial charge in [0, 0.05) is 25.8 Å². The van der Waals surface area contributed by atoms with Crippen LogP contribution in [-0.4, -0.2) is 52.4 Å². The molecule has 0 aromatic heterocycles. The Kier molecular flexibility index (Phi) is 11.9. The lowest BCUT2D eigenvalue weighted by atomic mass is 10.0. The Labute approximate surface area is 159 Å². The van der Waals surface area contributed by atoms with Crippen molar-refractivity contribution in [2.75, 3.05) is 0 Å². The summed E-state index contributed by atoms with van der Waals surface area (Å²) in [4.78, 5) is 33.2. The van der Waals surface area contributed by atoms with Crippen molar-refractivity contribution >= 4 is 28.2 Å². The van der Waals surface area contributed by atoms with Crippen molar-refractivity contribution in [2.45, 2.75) is 75.9 Å². The smallest absolute Gasteiger partial charge is 0.334 e. The van der Waals surface area contributed by atoms with Gasteiger partial charge in [-0.15, -0.1) is 0 Å². The normalized spacial score (nSPS) is 13.5. The summed E-state index contributed by atoms with van der Waals surface area (Å²) in [6.45, 7) is 0.918. The second-order valence-corrected chi connectivity index (χ2v) is 7.88. The Morgan fingerprint density at radius 2 is 1.67 bits per heavy atom. The predicted molar refractivity (Wildman–Crippen MR) is 96.0 cm³/mol. The number of aliphatic hydroxyl groups is 2. The number of hydrogen-bond acceptors (Lipinski definition) is 8. The molecular weight excluding hydrogens is 380 g/mol. The van der Waals surface area contributed by atoms with Crippen LogP contribution in [0, 0.1) is 0 Å². The molecule has 0 aromatic carbocycles. The monoisotopic (exact) mass is 408 g/mol. The first-order chi connectivity index (χ1) is 12.5. The maximum Gasteiger partial charge on any atom is 0.334 e. The number of carbonyl (C=O) groups is 3. The van der Waals surface area contributed by atoms with Crippen molar-refractivity contribution < 1.29 is 42.3 Å². The molecule has 156 valence electrons. The van der Waals surface area contributed by atoms with Crippen LogP contribution in [0.5, 0.6) is 0 Å². The van der Waals surface area contributed by atoms with Crippen molar-refractivity contribution in [3.63, 3.8) is 0 Å². The van der Waals surface area contributed by atoms with Gasteiger partial charge in [0.2, 0.25) is 0 Å². The molecule has 0 spiro atoms. The van der Waals surface area contributed by atoms with E-state index in [2.05, 4.69) is 4.74 Å². The quantitative estimate of drug-likeness (QED) is 0.0907. The lowest BCUT2D eigenvalue weighted by Crippen LogP contribution is -2.30. The molecule has 1 unspecified atom stereocenters. The van der Waals surface area contributed by atoms with Gasteiger partial charge in [0.15, 0.2) is 5.78 Å². The highest BCUT2D eigenvalue weighted by atomic mass is 32.2. The lowest BCUT2D eigenvalue weighted by Gasteiger charge is -2.14. The molecule has 0 aliphatic carbocycles. The van der Waals surface area contributed by atoms with Gasteiger partial charge in [0.1, 0.15) is 11.5 Å². The second-order valence-electron chi connectivity index (χ2n) is 6.28. The molecule has 0 aromatic rings. The zero-order valence-electron chi connectivity index (χ0n) is 15.4. The van der Waals surface area contributed by atoms with Crippen LogP contribution < -0.4 is 0 Å². The molecule has 1 atom stereocenters. The summed E-state index contributed by atoms with van der Waals surface area (Å²) >= 11 is 0. The molecule has 27 heavy (non-hydrogen) atoms. The first-order valence-electron chi connectivity index (χ1n) is 8.74. The molecule has 0 fully saturated rings. The number of Topliss-reactive ketones (excluding diaryl/α,β-unsaturated/α-hetero) is 1. The fourth-order valence-electron chi connectivity index (χ4n) is 2.36. The third-order valence-electron chi connectivity index (χ3n) is 3.61. The molecular formula is C17H28O9S. The zero-order chi connectivity index (χ0) is 20.9. The van der Waals surface area contributed by atoms with E-state index in [1.807, 2.05) is 0 Å². The molecule has 0 rings (SSSR count). The van der Waals surface area contributed by atoms with Crippen LogP contribution in [0.4, 0.5) is 0 Å². The van der Waals surface area contributed by atoms with Gasteiger partial charge in [-0.3, -0.25) is 9.35 Å². The molecule has 3 N–H and O–H groups in total. The molecule has 0 bridgehead atoms. The van der Waals surface area contributed by atoms with E-state index in [1.165, 1.54) is 0 Å². The van der Waals surface area contributed by atoms with E-state index < -0.39 is 33.1 Å². The van der Waals surface area contributed by atoms with Crippen LogP contribution in [0.25, 0.3) is 0 Å². The van der Waals surface area contributed by atoms with E-state index in [-0.39, 0.29) is 19.3 Å². The Morgan fingerprint density at radius 3 is 2.22 bits per heavy atom. The summed E-state index contributed by atoms with van der Waals surface area (Å²) in [5.41, 5.74) is 0. The van der Waals surface area contributed by atoms with Gasteiger partial charge in [0.05, 0.1) is 0 Å². The maximum atomic E-state index is 11.8. The number of ketones is 1. The number of allylic oxidation sites excluding steroid dienone is 1. The summed E-state index contributed by atoms with van der Waals surface area (Å²) in [7, 11) is -4.47. The van der Waals surface area contributed by atoms with Gasteiger partial charge in [-0.2, -0.15) is 8.42 Å². The lowest BCUT2D eigenvalue weighted by molar-refractivity contribution is -0.304. The summed E-state index contributed by atoms with van der Waals surface area (Å²) < 4.78 is 36.0. The Hall–Kier alpha value is -1.62. The second kappa shape index (κ2) is 12.7. The highest BCUT2D eigenvalue weighted by Gasteiger charge is 2.29. The number of carbonyl (C=O) groups excluding carboxylic acids is 3. The number of hydrogen-bond donors (Lipinski definition) is 3. The molecule has 0 heterocycles. The van der Waals surface area contributed by atoms with E-state index in [1.54, 1.807) is 6.08 Å². The molecule has 0 aliphatic heterocycles. The standard InChI is InChI=1S/C17H28O9S/c1-17(21,22)26-16(20)12-8-6-4-2-3-5-7-11-15(27(23,24)25)14(19)10-9-13-18/h8,12-13,15,21-22H,2-7,9-11H2,1H3,(H,23,24,25). The van der Waals surface area contributed by atoms with Crippen LogP contribution in [0.1, 0.15) is 64.7 Å².